The number of amides is 1. The van der Waals surface area contributed by atoms with Crippen molar-refractivity contribution in [1.82, 2.24) is 5.32 Å². The van der Waals surface area contributed by atoms with Gasteiger partial charge in [-0.15, -0.1) is 4.91 Å². The average molecular weight is 336 g/mol. The normalized spacial score (nSPS) is 12.6. The van der Waals surface area contributed by atoms with E-state index >= 15 is 0 Å². The van der Waals surface area contributed by atoms with E-state index in [1.807, 2.05) is 30.3 Å². The van der Waals surface area contributed by atoms with Gasteiger partial charge in [0.1, 0.15) is 12.4 Å². The number of nitrogens with one attached hydrogen (secondary N) is 1. The minimum atomic E-state index is -1.01. The Kier molecular flexibility index (Phi) is 7.97. The fraction of sp³-hybridized carbons (Fsp3) is 0.375. The van der Waals surface area contributed by atoms with Crippen molar-refractivity contribution in [2.75, 3.05) is 6.61 Å². The molecule has 0 aliphatic carbocycles. The number of alkyl carbamates (subject to hydrolysis) is 1. The van der Waals surface area contributed by atoms with Crippen LogP contribution in [0.1, 0.15) is 25.8 Å². The lowest BCUT2D eigenvalue weighted by molar-refractivity contribution is -0.138. The zero-order valence-corrected chi connectivity index (χ0v) is 13.5. The number of carbonyl (C=O) groups is 2. The van der Waals surface area contributed by atoms with Crippen molar-refractivity contribution < 1.29 is 24.2 Å². The van der Waals surface area contributed by atoms with Gasteiger partial charge in [0.25, 0.3) is 0 Å². The van der Waals surface area contributed by atoms with E-state index in [0.29, 0.717) is 0 Å². The predicted molar refractivity (Wildman–Crippen MR) is 85.9 cm³/mol. The van der Waals surface area contributed by atoms with E-state index in [1.165, 1.54) is 0 Å². The Hall–Kier alpha value is -2.90. The highest BCUT2D eigenvalue weighted by atomic mass is 16.5. The molecule has 0 unspecified atom stereocenters. The maximum atomic E-state index is 11.7. The van der Waals surface area contributed by atoms with Crippen LogP contribution >= 0.6 is 0 Å². The summed E-state index contributed by atoms with van der Waals surface area (Å²) in [6.45, 7) is 3.29. The summed E-state index contributed by atoms with van der Waals surface area (Å²) in [5, 5.41) is 14.7. The summed E-state index contributed by atoms with van der Waals surface area (Å²) in [6.07, 6.45) is -0.851. The molecule has 24 heavy (non-hydrogen) atoms. The van der Waals surface area contributed by atoms with Crippen molar-refractivity contribution in [3.8, 4) is 0 Å². The molecular weight excluding hydrogens is 316 g/mol. The Bertz CT molecular complexity index is 600. The number of aliphatic hydroxyl groups excluding tert-OH is 1. The van der Waals surface area contributed by atoms with Crippen molar-refractivity contribution in [2.45, 2.75) is 32.9 Å². The van der Waals surface area contributed by atoms with Crippen LogP contribution < -0.4 is 5.32 Å². The van der Waals surface area contributed by atoms with E-state index < -0.39 is 29.6 Å². The molecule has 0 fully saturated rings. The molecule has 1 aromatic carbocycles. The largest absolute Gasteiger partial charge is 0.510 e. The Labute approximate surface area is 139 Å². The number of nitrogens with zero attached hydrogens (tertiary/aromatic N) is 1. The molecule has 0 bridgehead atoms. The van der Waals surface area contributed by atoms with Gasteiger partial charge in [-0.1, -0.05) is 30.3 Å². The first-order valence-electron chi connectivity index (χ1n) is 7.37. The number of esters is 1. The smallest absolute Gasteiger partial charge is 0.407 e. The van der Waals surface area contributed by atoms with Gasteiger partial charge in [0.15, 0.2) is 0 Å². The fourth-order valence-electron chi connectivity index (χ4n) is 1.81. The van der Waals surface area contributed by atoms with Crippen molar-refractivity contribution in [3.63, 3.8) is 0 Å². The fourth-order valence-corrected chi connectivity index (χ4v) is 1.81. The second-order valence-corrected chi connectivity index (χ2v) is 4.92. The zero-order chi connectivity index (χ0) is 17.9. The topological polar surface area (TPSA) is 114 Å². The summed E-state index contributed by atoms with van der Waals surface area (Å²) in [7, 11) is 0. The summed E-state index contributed by atoms with van der Waals surface area (Å²) in [6, 6.07) is 8.54. The lowest BCUT2D eigenvalue weighted by Crippen LogP contribution is -2.33. The van der Waals surface area contributed by atoms with Crippen LogP contribution in [0.5, 0.6) is 0 Å². The summed E-state index contributed by atoms with van der Waals surface area (Å²) in [5.41, 5.74) is 0.126. The molecule has 130 valence electrons. The van der Waals surface area contributed by atoms with Crippen LogP contribution in [-0.4, -0.2) is 29.8 Å². The van der Waals surface area contributed by atoms with Gasteiger partial charge < -0.3 is 19.9 Å². The third-order valence-corrected chi connectivity index (χ3v) is 2.91. The Morgan fingerprint density at radius 1 is 1.25 bits per heavy atom. The van der Waals surface area contributed by atoms with Gasteiger partial charge >= 0.3 is 12.1 Å². The lowest BCUT2D eigenvalue weighted by atomic mass is 10.2. The summed E-state index contributed by atoms with van der Waals surface area (Å²) in [5.74, 6) is -1.57. The zero-order valence-electron chi connectivity index (χ0n) is 13.5. The van der Waals surface area contributed by atoms with Crippen LogP contribution in [-0.2, 0) is 20.9 Å². The van der Waals surface area contributed by atoms with Crippen LogP contribution in [0.15, 0.2) is 47.0 Å². The highest BCUT2D eigenvalue weighted by Crippen LogP contribution is 2.12. The molecule has 0 heterocycles. The number of benzene rings is 1. The molecule has 0 saturated carbocycles. The maximum Gasteiger partial charge on any atom is 0.407 e. The highest BCUT2D eigenvalue weighted by Gasteiger charge is 2.20. The predicted octanol–water partition coefficient (Wildman–Crippen LogP) is 2.79. The SMILES string of the molecule is CCOC(=O)/C(N=O)=C(\O)C[C@H](C)NC(=O)OCc1ccccc1. The Morgan fingerprint density at radius 2 is 1.92 bits per heavy atom. The minimum absolute atomic E-state index is 0.0464. The van der Waals surface area contributed by atoms with E-state index in [4.69, 9.17) is 4.74 Å². The standard InChI is InChI=1S/C16H20N2O6/c1-3-23-15(20)14(18-22)13(19)9-11(2)17-16(21)24-10-12-7-5-4-6-8-12/h4-8,11,19H,3,9-10H2,1-2H3,(H,17,21)/b14-13+/t11-/m0/s1. The lowest BCUT2D eigenvalue weighted by Gasteiger charge is -2.14. The number of hydrogen-bond acceptors (Lipinski definition) is 7. The molecule has 0 aromatic heterocycles. The molecule has 2 N–H and O–H groups in total. The highest BCUT2D eigenvalue weighted by molar-refractivity contribution is 5.88. The van der Waals surface area contributed by atoms with E-state index in [2.05, 4.69) is 15.2 Å². The molecular formula is C16H20N2O6. The van der Waals surface area contributed by atoms with Gasteiger partial charge in [-0.25, -0.2) is 9.59 Å². The van der Waals surface area contributed by atoms with E-state index in [0.717, 1.165) is 5.56 Å². The second kappa shape index (κ2) is 9.98. The molecule has 1 atom stereocenters. The maximum absolute atomic E-state index is 11.7. The van der Waals surface area contributed by atoms with Gasteiger partial charge in [-0.05, 0) is 24.6 Å². The van der Waals surface area contributed by atoms with Crippen LogP contribution in [0.25, 0.3) is 0 Å². The van der Waals surface area contributed by atoms with Gasteiger partial charge in [-0.2, -0.15) is 0 Å². The first-order chi connectivity index (χ1) is 11.5. The van der Waals surface area contributed by atoms with Crippen molar-refractivity contribution >= 4 is 12.1 Å². The van der Waals surface area contributed by atoms with Gasteiger partial charge in [0.2, 0.25) is 5.70 Å². The summed E-state index contributed by atoms with van der Waals surface area (Å²) < 4.78 is 9.63. The Morgan fingerprint density at radius 3 is 2.50 bits per heavy atom. The quantitative estimate of drug-likeness (QED) is 0.326. The molecule has 0 aliphatic rings. The van der Waals surface area contributed by atoms with Crippen molar-refractivity contribution in [1.29, 1.82) is 0 Å². The van der Waals surface area contributed by atoms with E-state index in [-0.39, 0.29) is 19.6 Å². The molecule has 0 aliphatic heterocycles. The second-order valence-electron chi connectivity index (χ2n) is 4.92. The van der Waals surface area contributed by atoms with Crippen LogP contribution in [0.3, 0.4) is 0 Å². The molecule has 1 amide bonds. The molecule has 0 spiro atoms. The molecule has 0 radical (unpaired) electrons. The number of ether oxygens (including phenoxy) is 2. The minimum Gasteiger partial charge on any atom is -0.510 e. The number of carbonyl (C=O) groups excluding carboxylic acids is 2. The molecule has 1 aromatic rings. The Balaban J connectivity index is 2.51. The van der Waals surface area contributed by atoms with Crippen molar-refractivity contribution in [3.05, 3.63) is 52.3 Å². The van der Waals surface area contributed by atoms with Gasteiger partial charge in [0.05, 0.1) is 6.61 Å². The van der Waals surface area contributed by atoms with Gasteiger partial charge in [-0.3, -0.25) is 0 Å². The number of nitroso groups, excluding NO2 is 1. The van der Waals surface area contributed by atoms with Gasteiger partial charge in [0, 0.05) is 12.5 Å². The molecule has 0 saturated heterocycles. The summed E-state index contributed by atoms with van der Waals surface area (Å²) >= 11 is 0. The monoisotopic (exact) mass is 336 g/mol. The first-order valence-corrected chi connectivity index (χ1v) is 7.37. The van der Waals surface area contributed by atoms with Crippen LogP contribution in [0, 0.1) is 4.91 Å². The van der Waals surface area contributed by atoms with E-state index in [9.17, 15) is 19.6 Å². The third-order valence-electron chi connectivity index (χ3n) is 2.91. The van der Waals surface area contributed by atoms with E-state index in [1.54, 1.807) is 13.8 Å². The third kappa shape index (κ3) is 6.47. The molecule has 1 rings (SSSR count). The number of rotatable bonds is 8. The van der Waals surface area contributed by atoms with Crippen LogP contribution in [0.2, 0.25) is 0 Å². The molecule has 8 heteroatoms. The number of aliphatic hydroxyl groups is 1. The summed E-state index contributed by atoms with van der Waals surface area (Å²) in [4.78, 5) is 33.8. The first kappa shape index (κ1) is 19.1. The van der Waals surface area contributed by atoms with Crippen molar-refractivity contribution in [2.24, 2.45) is 5.18 Å². The average Bonchev–Trinajstić information content (AvgIpc) is 2.54. The van der Waals surface area contributed by atoms with Crippen LogP contribution in [0.4, 0.5) is 4.79 Å². The molecule has 8 nitrogen and oxygen atoms in total. The number of hydrogen-bond donors (Lipinski definition) is 2.